The van der Waals surface area contributed by atoms with Crippen LogP contribution in [0.15, 0.2) is 18.2 Å². The van der Waals surface area contributed by atoms with Crippen LogP contribution in [0.2, 0.25) is 5.02 Å². The average molecular weight is 295 g/mol. The van der Waals surface area contributed by atoms with Crippen LogP contribution in [0.4, 0.5) is 5.69 Å². The summed E-state index contributed by atoms with van der Waals surface area (Å²) in [6.45, 7) is 5.26. The molecule has 2 fully saturated rings. The summed E-state index contributed by atoms with van der Waals surface area (Å²) in [7, 11) is 0. The number of primary amides is 1. The SMILES string of the molecule is CC1(C)C(Nc2ccc(Cl)c(C(N)=O)c2)C2CCOC21. The van der Waals surface area contributed by atoms with Gasteiger partial charge in [0.2, 0.25) is 5.91 Å². The van der Waals surface area contributed by atoms with E-state index < -0.39 is 5.91 Å². The van der Waals surface area contributed by atoms with Gasteiger partial charge in [0, 0.05) is 29.7 Å². The fraction of sp³-hybridized carbons (Fsp3) is 0.533. The fourth-order valence-electron chi connectivity index (χ4n) is 3.60. The van der Waals surface area contributed by atoms with Crippen LogP contribution < -0.4 is 11.1 Å². The molecule has 0 bridgehead atoms. The first kappa shape index (κ1) is 13.7. The normalized spacial score (nSPS) is 30.4. The molecule has 1 aromatic rings. The van der Waals surface area contributed by atoms with Crippen molar-refractivity contribution in [3.63, 3.8) is 0 Å². The minimum atomic E-state index is -0.506. The maximum Gasteiger partial charge on any atom is 0.250 e. The second-order valence-corrected chi connectivity index (χ2v) is 6.65. The molecule has 1 heterocycles. The second kappa shape index (κ2) is 4.64. The maximum atomic E-state index is 11.3. The molecule has 1 aliphatic carbocycles. The van der Waals surface area contributed by atoms with Crippen LogP contribution in [0.25, 0.3) is 0 Å². The van der Waals surface area contributed by atoms with Crippen LogP contribution in [0.1, 0.15) is 30.6 Å². The number of hydrogen-bond acceptors (Lipinski definition) is 3. The molecule has 3 unspecified atom stereocenters. The molecule has 1 saturated carbocycles. The minimum absolute atomic E-state index is 0.0910. The molecule has 1 aromatic carbocycles. The minimum Gasteiger partial charge on any atom is -0.381 e. The van der Waals surface area contributed by atoms with Gasteiger partial charge in [-0.05, 0) is 24.6 Å². The summed E-state index contributed by atoms with van der Waals surface area (Å²) in [5.41, 5.74) is 6.66. The van der Waals surface area contributed by atoms with Crippen LogP contribution in [0.5, 0.6) is 0 Å². The molecule has 0 aromatic heterocycles. The van der Waals surface area contributed by atoms with Gasteiger partial charge < -0.3 is 15.8 Å². The highest BCUT2D eigenvalue weighted by atomic mass is 35.5. The summed E-state index contributed by atoms with van der Waals surface area (Å²) in [5, 5.41) is 3.90. The number of amides is 1. The van der Waals surface area contributed by atoms with Crippen molar-refractivity contribution in [2.24, 2.45) is 17.1 Å². The Morgan fingerprint density at radius 1 is 1.50 bits per heavy atom. The van der Waals surface area contributed by atoms with E-state index >= 15 is 0 Å². The van der Waals surface area contributed by atoms with Gasteiger partial charge in [-0.15, -0.1) is 0 Å². The number of fused-ring (bicyclic) bond motifs is 1. The highest BCUT2D eigenvalue weighted by molar-refractivity contribution is 6.33. The summed E-state index contributed by atoms with van der Waals surface area (Å²) in [6.07, 6.45) is 1.42. The Kier molecular flexibility index (Phi) is 3.18. The van der Waals surface area contributed by atoms with Crippen molar-refractivity contribution >= 4 is 23.2 Å². The predicted octanol–water partition coefficient (Wildman–Crippen LogP) is 2.66. The van der Waals surface area contributed by atoms with Crippen LogP contribution in [0, 0.1) is 11.3 Å². The Bertz CT molecular complexity index is 559. The van der Waals surface area contributed by atoms with E-state index in [1.54, 1.807) is 12.1 Å². The summed E-state index contributed by atoms with van der Waals surface area (Å²) in [4.78, 5) is 11.3. The molecule has 2 aliphatic rings. The molecule has 20 heavy (non-hydrogen) atoms. The van der Waals surface area contributed by atoms with Gasteiger partial charge in [-0.1, -0.05) is 25.4 Å². The Balaban J connectivity index is 1.82. The van der Waals surface area contributed by atoms with E-state index in [2.05, 4.69) is 19.2 Å². The Morgan fingerprint density at radius 3 is 2.95 bits per heavy atom. The summed E-state index contributed by atoms with van der Waals surface area (Å²) >= 11 is 5.97. The summed E-state index contributed by atoms with van der Waals surface area (Å²) in [6, 6.07) is 5.66. The lowest BCUT2D eigenvalue weighted by Crippen LogP contribution is -2.63. The maximum absolute atomic E-state index is 11.3. The summed E-state index contributed by atoms with van der Waals surface area (Å²) < 4.78 is 5.78. The lowest BCUT2D eigenvalue weighted by Gasteiger charge is -2.55. The van der Waals surface area contributed by atoms with Gasteiger partial charge in [0.05, 0.1) is 16.7 Å². The largest absolute Gasteiger partial charge is 0.381 e. The van der Waals surface area contributed by atoms with Crippen molar-refractivity contribution in [2.45, 2.75) is 32.4 Å². The zero-order valence-corrected chi connectivity index (χ0v) is 12.4. The number of benzene rings is 1. The van der Waals surface area contributed by atoms with Crippen molar-refractivity contribution in [2.75, 3.05) is 11.9 Å². The van der Waals surface area contributed by atoms with E-state index in [1.165, 1.54) is 0 Å². The first-order chi connectivity index (χ1) is 9.41. The van der Waals surface area contributed by atoms with E-state index in [1.807, 2.05) is 6.07 Å². The van der Waals surface area contributed by atoms with E-state index in [9.17, 15) is 4.79 Å². The number of nitrogens with one attached hydrogen (secondary N) is 1. The van der Waals surface area contributed by atoms with Crippen LogP contribution in [0.3, 0.4) is 0 Å². The molecule has 3 rings (SSSR count). The smallest absolute Gasteiger partial charge is 0.250 e. The molecule has 5 heteroatoms. The third-order valence-corrected chi connectivity index (χ3v) is 4.98. The fourth-order valence-corrected chi connectivity index (χ4v) is 3.81. The number of carbonyl (C=O) groups excluding carboxylic acids is 1. The van der Waals surface area contributed by atoms with Crippen LogP contribution in [-0.2, 0) is 4.74 Å². The number of rotatable bonds is 3. The number of nitrogens with two attached hydrogens (primary N) is 1. The summed E-state index contributed by atoms with van der Waals surface area (Å²) in [5.74, 6) is 0.0336. The number of carbonyl (C=O) groups is 1. The van der Waals surface area contributed by atoms with E-state index in [-0.39, 0.29) is 5.41 Å². The zero-order chi connectivity index (χ0) is 14.5. The van der Waals surface area contributed by atoms with Crippen molar-refractivity contribution in [3.8, 4) is 0 Å². The molecule has 0 spiro atoms. The third kappa shape index (κ3) is 1.98. The standard InChI is InChI=1S/C15H19ClN2O2/c1-15(2)12(9-5-6-20-13(9)15)18-8-3-4-11(16)10(7-8)14(17)19/h3-4,7,9,12-13,18H,5-6H2,1-2H3,(H2,17,19). The van der Waals surface area contributed by atoms with Gasteiger partial charge in [0.15, 0.2) is 0 Å². The second-order valence-electron chi connectivity index (χ2n) is 6.25. The number of ether oxygens (including phenoxy) is 1. The topological polar surface area (TPSA) is 64.3 Å². The predicted molar refractivity (Wildman–Crippen MR) is 79.0 cm³/mol. The number of halogens is 1. The lowest BCUT2D eigenvalue weighted by atomic mass is 9.57. The number of hydrogen-bond donors (Lipinski definition) is 2. The molecule has 1 amide bonds. The first-order valence-corrected chi connectivity index (χ1v) is 7.26. The third-order valence-electron chi connectivity index (χ3n) is 4.65. The number of anilines is 1. The van der Waals surface area contributed by atoms with E-state index in [0.717, 1.165) is 18.7 Å². The Labute approximate surface area is 123 Å². The van der Waals surface area contributed by atoms with Gasteiger partial charge in [-0.2, -0.15) is 0 Å². The molecule has 1 saturated heterocycles. The highest BCUT2D eigenvalue weighted by Gasteiger charge is 2.59. The van der Waals surface area contributed by atoms with Crippen LogP contribution >= 0.6 is 11.6 Å². The van der Waals surface area contributed by atoms with Gasteiger partial charge in [-0.25, -0.2) is 0 Å². The van der Waals surface area contributed by atoms with Crippen molar-refractivity contribution in [3.05, 3.63) is 28.8 Å². The average Bonchev–Trinajstić information content (AvgIpc) is 2.84. The molecule has 3 N–H and O–H groups in total. The lowest BCUT2D eigenvalue weighted by molar-refractivity contribution is -0.0923. The van der Waals surface area contributed by atoms with Gasteiger partial charge >= 0.3 is 0 Å². The first-order valence-electron chi connectivity index (χ1n) is 6.89. The highest BCUT2D eigenvalue weighted by Crippen LogP contribution is 2.53. The van der Waals surface area contributed by atoms with Gasteiger partial charge in [0.25, 0.3) is 0 Å². The van der Waals surface area contributed by atoms with E-state index in [0.29, 0.717) is 28.6 Å². The molecule has 0 radical (unpaired) electrons. The zero-order valence-electron chi connectivity index (χ0n) is 11.7. The van der Waals surface area contributed by atoms with Crippen molar-refractivity contribution in [1.82, 2.24) is 0 Å². The van der Waals surface area contributed by atoms with Gasteiger partial charge in [0.1, 0.15) is 0 Å². The molecular weight excluding hydrogens is 276 g/mol. The molecule has 1 aliphatic heterocycles. The molecule has 4 nitrogen and oxygen atoms in total. The van der Waals surface area contributed by atoms with Gasteiger partial charge in [-0.3, -0.25) is 4.79 Å². The van der Waals surface area contributed by atoms with Crippen molar-refractivity contribution in [1.29, 1.82) is 0 Å². The monoisotopic (exact) mass is 294 g/mol. The molecule has 3 atom stereocenters. The van der Waals surface area contributed by atoms with E-state index in [4.69, 9.17) is 22.1 Å². The quantitative estimate of drug-likeness (QED) is 0.901. The Hall–Kier alpha value is -1.26. The molecular formula is C15H19ClN2O2. The van der Waals surface area contributed by atoms with Crippen LogP contribution in [-0.4, -0.2) is 24.7 Å². The Morgan fingerprint density at radius 2 is 2.25 bits per heavy atom. The van der Waals surface area contributed by atoms with Crippen molar-refractivity contribution < 1.29 is 9.53 Å². The molecule has 108 valence electrons.